The summed E-state index contributed by atoms with van der Waals surface area (Å²) >= 11 is 7.11. The lowest BCUT2D eigenvalue weighted by atomic mass is 10.2. The summed E-state index contributed by atoms with van der Waals surface area (Å²) in [7, 11) is 0. The molecule has 0 saturated heterocycles. The second-order valence-electron chi connectivity index (χ2n) is 3.20. The number of nitrogen functional groups attached to an aromatic ring is 1. The number of aromatic nitrogens is 1. The number of halogens is 2. The summed E-state index contributed by atoms with van der Waals surface area (Å²) in [6, 6.07) is 4.38. The van der Waals surface area contributed by atoms with Gasteiger partial charge in [-0.1, -0.05) is 22.9 Å². The fourth-order valence-electron chi connectivity index (χ4n) is 1.31. The molecule has 0 atom stereocenters. The van der Waals surface area contributed by atoms with Crippen LogP contribution in [0.3, 0.4) is 0 Å². The maximum absolute atomic E-state index is 13.6. The Morgan fingerprint density at radius 3 is 2.88 bits per heavy atom. The molecule has 3 N–H and O–H groups in total. The van der Waals surface area contributed by atoms with Crippen LogP contribution in [-0.2, 0) is 0 Å². The molecule has 0 unspecified atom stereocenters. The minimum absolute atomic E-state index is 0.346. The Kier molecular flexibility index (Phi) is 3.09. The molecular formula is C10H9ClFN3S. The third-order valence-corrected chi connectivity index (χ3v) is 3.44. The number of hydrogen-bond donors (Lipinski definition) is 2. The average Bonchev–Trinajstić information content (AvgIpc) is 2.63. The SMILES string of the molecule is Cc1nc(-c2cc(Cl)ccc2F)sc1NN. The van der Waals surface area contributed by atoms with E-state index in [1.807, 2.05) is 0 Å². The van der Waals surface area contributed by atoms with E-state index in [1.165, 1.54) is 23.5 Å². The van der Waals surface area contributed by atoms with Crippen molar-refractivity contribution in [3.05, 3.63) is 34.7 Å². The van der Waals surface area contributed by atoms with E-state index in [9.17, 15) is 4.39 Å². The largest absolute Gasteiger partial charge is 0.314 e. The molecule has 0 aliphatic carbocycles. The molecule has 2 aromatic rings. The van der Waals surface area contributed by atoms with Gasteiger partial charge >= 0.3 is 0 Å². The zero-order valence-electron chi connectivity index (χ0n) is 8.42. The van der Waals surface area contributed by atoms with E-state index in [-0.39, 0.29) is 5.82 Å². The van der Waals surface area contributed by atoms with E-state index in [2.05, 4.69) is 10.4 Å². The Balaban J connectivity index is 2.53. The molecule has 2 rings (SSSR count). The fourth-order valence-corrected chi connectivity index (χ4v) is 2.37. The maximum atomic E-state index is 13.6. The van der Waals surface area contributed by atoms with Crippen molar-refractivity contribution >= 4 is 27.9 Å². The number of aryl methyl sites for hydroxylation is 1. The molecular weight excluding hydrogens is 249 g/mol. The van der Waals surface area contributed by atoms with E-state index in [4.69, 9.17) is 17.4 Å². The number of hydrogen-bond acceptors (Lipinski definition) is 4. The summed E-state index contributed by atoms with van der Waals surface area (Å²) in [4.78, 5) is 4.23. The number of anilines is 1. The minimum atomic E-state index is -0.346. The predicted molar refractivity (Wildman–Crippen MR) is 65.1 cm³/mol. The highest BCUT2D eigenvalue weighted by Crippen LogP contribution is 2.33. The Hall–Kier alpha value is -1.17. The van der Waals surface area contributed by atoms with Crippen LogP contribution in [0.1, 0.15) is 5.69 Å². The van der Waals surface area contributed by atoms with E-state index in [0.29, 0.717) is 15.6 Å². The van der Waals surface area contributed by atoms with Crippen LogP contribution in [0.2, 0.25) is 5.02 Å². The van der Waals surface area contributed by atoms with Gasteiger partial charge in [0.05, 0.1) is 5.69 Å². The van der Waals surface area contributed by atoms with Crippen molar-refractivity contribution in [3.63, 3.8) is 0 Å². The monoisotopic (exact) mass is 257 g/mol. The number of nitrogens with one attached hydrogen (secondary N) is 1. The highest BCUT2D eigenvalue weighted by Gasteiger charge is 2.12. The number of rotatable bonds is 2. The van der Waals surface area contributed by atoms with Crippen molar-refractivity contribution in [2.75, 3.05) is 5.43 Å². The first-order valence-corrected chi connectivity index (χ1v) is 5.70. The molecule has 1 aromatic carbocycles. The van der Waals surface area contributed by atoms with Crippen LogP contribution in [0, 0.1) is 12.7 Å². The van der Waals surface area contributed by atoms with Crippen molar-refractivity contribution in [3.8, 4) is 10.6 Å². The van der Waals surface area contributed by atoms with Gasteiger partial charge < -0.3 is 5.43 Å². The Labute approximate surface area is 101 Å². The van der Waals surface area contributed by atoms with Crippen molar-refractivity contribution in [1.29, 1.82) is 0 Å². The lowest BCUT2D eigenvalue weighted by Gasteiger charge is -1.99. The summed E-state index contributed by atoms with van der Waals surface area (Å²) < 4.78 is 13.6. The van der Waals surface area contributed by atoms with Gasteiger partial charge in [0.15, 0.2) is 0 Å². The quantitative estimate of drug-likeness (QED) is 0.642. The van der Waals surface area contributed by atoms with Crippen LogP contribution >= 0.6 is 22.9 Å². The number of thiazole rings is 1. The Morgan fingerprint density at radius 2 is 2.25 bits per heavy atom. The molecule has 0 aliphatic heterocycles. The minimum Gasteiger partial charge on any atom is -0.314 e. The Bertz CT molecular complexity index is 527. The molecule has 0 saturated carbocycles. The van der Waals surface area contributed by atoms with Gasteiger partial charge in [-0.3, -0.25) is 0 Å². The zero-order valence-corrected chi connectivity index (χ0v) is 9.99. The third-order valence-electron chi connectivity index (χ3n) is 2.09. The molecule has 1 heterocycles. The second-order valence-corrected chi connectivity index (χ2v) is 4.64. The van der Waals surface area contributed by atoms with Crippen molar-refractivity contribution in [2.45, 2.75) is 6.92 Å². The lowest BCUT2D eigenvalue weighted by Crippen LogP contribution is -2.05. The van der Waals surface area contributed by atoms with E-state index >= 15 is 0 Å². The average molecular weight is 258 g/mol. The van der Waals surface area contributed by atoms with Crippen molar-refractivity contribution in [1.82, 2.24) is 4.98 Å². The van der Waals surface area contributed by atoms with Gasteiger partial charge in [-0.2, -0.15) is 0 Å². The van der Waals surface area contributed by atoms with Crippen LogP contribution in [-0.4, -0.2) is 4.98 Å². The molecule has 0 aliphatic rings. The summed E-state index contributed by atoms with van der Waals surface area (Å²) in [5, 5.41) is 1.76. The second kappa shape index (κ2) is 4.37. The molecule has 0 bridgehead atoms. The highest BCUT2D eigenvalue weighted by molar-refractivity contribution is 7.19. The van der Waals surface area contributed by atoms with Gasteiger partial charge in [0.25, 0.3) is 0 Å². The summed E-state index contributed by atoms with van der Waals surface area (Å²) in [6.45, 7) is 1.80. The summed E-state index contributed by atoms with van der Waals surface area (Å²) in [5.74, 6) is 4.96. The van der Waals surface area contributed by atoms with E-state index in [0.717, 1.165) is 10.7 Å². The van der Waals surface area contributed by atoms with E-state index in [1.54, 1.807) is 13.0 Å². The number of nitrogens with zero attached hydrogens (tertiary/aromatic N) is 1. The smallest absolute Gasteiger partial charge is 0.133 e. The standard InChI is InChI=1S/C10H9ClFN3S/c1-5-9(15-13)16-10(14-5)7-4-6(11)2-3-8(7)12/h2-4,15H,13H2,1H3. The van der Waals surface area contributed by atoms with E-state index < -0.39 is 0 Å². The number of nitrogens with two attached hydrogens (primary N) is 1. The zero-order chi connectivity index (χ0) is 11.7. The fraction of sp³-hybridized carbons (Fsp3) is 0.100. The topological polar surface area (TPSA) is 50.9 Å². The predicted octanol–water partition coefficient (Wildman–Crippen LogP) is 3.20. The third kappa shape index (κ3) is 2.02. The van der Waals surface area contributed by atoms with Gasteiger partial charge in [0.2, 0.25) is 0 Å². The molecule has 84 valence electrons. The first-order chi connectivity index (χ1) is 7.61. The molecule has 6 heteroatoms. The molecule has 3 nitrogen and oxygen atoms in total. The molecule has 0 spiro atoms. The normalized spacial score (nSPS) is 10.5. The van der Waals surface area contributed by atoms with Gasteiger partial charge in [-0.15, -0.1) is 0 Å². The van der Waals surface area contributed by atoms with Gasteiger partial charge in [-0.25, -0.2) is 15.2 Å². The van der Waals surface area contributed by atoms with Crippen LogP contribution in [0.4, 0.5) is 9.39 Å². The molecule has 0 radical (unpaired) electrons. The first-order valence-electron chi connectivity index (χ1n) is 4.51. The maximum Gasteiger partial charge on any atom is 0.133 e. The highest BCUT2D eigenvalue weighted by atomic mass is 35.5. The van der Waals surface area contributed by atoms with Crippen LogP contribution < -0.4 is 11.3 Å². The summed E-state index contributed by atoms with van der Waals surface area (Å²) in [6.07, 6.45) is 0. The number of hydrazine groups is 1. The molecule has 0 amide bonds. The van der Waals surface area contributed by atoms with Crippen molar-refractivity contribution < 1.29 is 4.39 Å². The Morgan fingerprint density at radius 1 is 1.50 bits per heavy atom. The van der Waals surface area contributed by atoms with Gasteiger partial charge in [-0.05, 0) is 25.1 Å². The molecule has 16 heavy (non-hydrogen) atoms. The van der Waals surface area contributed by atoms with Crippen LogP contribution in [0.5, 0.6) is 0 Å². The molecule has 1 aromatic heterocycles. The lowest BCUT2D eigenvalue weighted by molar-refractivity contribution is 0.631. The van der Waals surface area contributed by atoms with Gasteiger partial charge in [0.1, 0.15) is 15.8 Å². The molecule has 0 fully saturated rings. The van der Waals surface area contributed by atoms with Crippen molar-refractivity contribution in [2.24, 2.45) is 5.84 Å². The first kappa shape index (κ1) is 11.3. The van der Waals surface area contributed by atoms with Crippen LogP contribution in [0.15, 0.2) is 18.2 Å². The summed E-state index contributed by atoms with van der Waals surface area (Å²) in [5.41, 5.74) is 3.65. The van der Waals surface area contributed by atoms with Gasteiger partial charge in [0, 0.05) is 10.6 Å². The van der Waals surface area contributed by atoms with Crippen LogP contribution in [0.25, 0.3) is 10.6 Å². The number of benzene rings is 1.